The zero-order valence-electron chi connectivity index (χ0n) is 18.3. The van der Waals surface area contributed by atoms with Crippen molar-refractivity contribution in [3.05, 3.63) is 0 Å². The van der Waals surface area contributed by atoms with Crippen molar-refractivity contribution < 1.29 is 14.6 Å². The van der Waals surface area contributed by atoms with Crippen LogP contribution in [0.4, 0.5) is 0 Å². The first-order valence-electron chi connectivity index (χ1n) is 12.3. The third kappa shape index (κ3) is 3.66. The number of fused-ring (bicyclic) bond motifs is 5. The van der Waals surface area contributed by atoms with Gasteiger partial charge in [0.2, 0.25) is 0 Å². The van der Waals surface area contributed by atoms with Gasteiger partial charge in [-0.2, -0.15) is 0 Å². The van der Waals surface area contributed by atoms with Crippen LogP contribution in [0.2, 0.25) is 0 Å². The number of unbranched alkanes of at least 4 members (excludes halogenated alkanes) is 2. The van der Waals surface area contributed by atoms with E-state index in [1.165, 1.54) is 64.2 Å². The first-order valence-corrected chi connectivity index (χ1v) is 12.3. The lowest BCUT2D eigenvalue weighted by Crippen LogP contribution is -2.53. The first kappa shape index (κ1) is 20.7. The number of carboxylic acids is 1. The highest BCUT2D eigenvalue weighted by Crippen LogP contribution is 2.66. The smallest absolute Gasteiger partial charge is 0.303 e. The monoisotopic (exact) mass is 390 g/mol. The van der Waals surface area contributed by atoms with Crippen LogP contribution in [0.5, 0.6) is 0 Å². The van der Waals surface area contributed by atoms with E-state index in [0.29, 0.717) is 23.4 Å². The molecule has 0 spiro atoms. The molecule has 0 saturated heterocycles. The molecule has 4 aliphatic rings. The maximum Gasteiger partial charge on any atom is 0.303 e. The summed E-state index contributed by atoms with van der Waals surface area (Å²) in [5.41, 5.74) is 1.02. The molecule has 0 radical (unpaired) electrons. The summed E-state index contributed by atoms with van der Waals surface area (Å²) < 4.78 is 6.45. The minimum atomic E-state index is -0.676. The second-order valence-electron chi connectivity index (χ2n) is 11.1. The number of ether oxygens (including phenoxy) is 1. The third-order valence-corrected chi connectivity index (χ3v) is 9.85. The minimum absolute atomic E-state index is 0.298. The standard InChI is InChI=1S/C25H42O3/c1-24-15-6-5-8-18(24)10-11-19-20-12-13-22(25(20,2)16-14-21(19)24)28-17-7-3-4-9-23(26)27/h18-22H,3-17H2,1-2H3,(H,26,27)/t18-,19+,20+,21+,22-,24+,25+/m1/s1. The van der Waals surface area contributed by atoms with Gasteiger partial charge in [-0.15, -0.1) is 0 Å². The van der Waals surface area contributed by atoms with Crippen LogP contribution in [0.15, 0.2) is 0 Å². The predicted octanol–water partition coefficient (Wildman–Crippen LogP) is 6.45. The van der Waals surface area contributed by atoms with Crippen LogP contribution < -0.4 is 0 Å². The lowest BCUT2D eigenvalue weighted by atomic mass is 9.45. The van der Waals surface area contributed by atoms with Crippen LogP contribution in [0.25, 0.3) is 0 Å². The van der Waals surface area contributed by atoms with Crippen molar-refractivity contribution in [1.29, 1.82) is 0 Å². The molecule has 160 valence electrons. The molecule has 0 aromatic heterocycles. The average Bonchev–Trinajstić information content (AvgIpc) is 3.00. The Morgan fingerprint density at radius 2 is 1.71 bits per heavy atom. The van der Waals surface area contributed by atoms with Gasteiger partial charge in [-0.1, -0.05) is 33.1 Å². The lowest BCUT2D eigenvalue weighted by Gasteiger charge is -2.60. The number of hydrogen-bond acceptors (Lipinski definition) is 2. The predicted molar refractivity (Wildman–Crippen MR) is 112 cm³/mol. The van der Waals surface area contributed by atoms with Crippen LogP contribution in [0.3, 0.4) is 0 Å². The minimum Gasteiger partial charge on any atom is -0.481 e. The van der Waals surface area contributed by atoms with Crippen LogP contribution in [-0.4, -0.2) is 23.8 Å². The summed E-state index contributed by atoms with van der Waals surface area (Å²) in [6, 6.07) is 0. The molecule has 0 aromatic rings. The highest BCUT2D eigenvalue weighted by Gasteiger charge is 2.59. The molecular weight excluding hydrogens is 348 g/mol. The summed E-state index contributed by atoms with van der Waals surface area (Å²) in [6.45, 7) is 6.03. The SMILES string of the molecule is C[C@]12CCCC[C@@H]1CC[C@@H]1[C@@H]2CC[C@]2(C)[C@H](OCCCCCC(=O)O)CC[C@@H]12. The van der Waals surface area contributed by atoms with Gasteiger partial charge in [0.1, 0.15) is 0 Å². The topological polar surface area (TPSA) is 46.5 Å². The maximum absolute atomic E-state index is 10.6. The number of carboxylic acid groups (broad SMARTS) is 1. The fourth-order valence-electron chi connectivity index (χ4n) is 8.30. The van der Waals surface area contributed by atoms with Crippen molar-refractivity contribution in [2.24, 2.45) is 34.5 Å². The largest absolute Gasteiger partial charge is 0.481 e. The number of aliphatic carboxylic acids is 1. The molecule has 4 rings (SSSR count). The van der Waals surface area contributed by atoms with Crippen molar-refractivity contribution in [1.82, 2.24) is 0 Å². The van der Waals surface area contributed by atoms with Gasteiger partial charge in [-0.05, 0) is 98.7 Å². The van der Waals surface area contributed by atoms with Crippen molar-refractivity contribution in [3.8, 4) is 0 Å². The molecule has 3 heteroatoms. The van der Waals surface area contributed by atoms with Crippen molar-refractivity contribution in [2.75, 3.05) is 6.61 Å². The Morgan fingerprint density at radius 3 is 2.54 bits per heavy atom. The summed E-state index contributed by atoms with van der Waals surface area (Å²) in [4.78, 5) is 10.6. The Kier molecular flexibility index (Phi) is 6.12. The Bertz CT molecular complexity index is 560. The molecule has 0 aliphatic heterocycles. The molecule has 3 nitrogen and oxygen atoms in total. The van der Waals surface area contributed by atoms with Crippen molar-refractivity contribution in [3.63, 3.8) is 0 Å². The van der Waals surface area contributed by atoms with E-state index < -0.39 is 5.97 Å². The fraction of sp³-hybridized carbons (Fsp3) is 0.960. The van der Waals surface area contributed by atoms with E-state index in [1.54, 1.807) is 0 Å². The first-order chi connectivity index (χ1) is 13.4. The molecule has 0 aromatic carbocycles. The molecule has 4 saturated carbocycles. The Hall–Kier alpha value is -0.570. The van der Waals surface area contributed by atoms with E-state index in [2.05, 4.69) is 13.8 Å². The molecule has 1 N–H and O–H groups in total. The Labute approximate surface area is 172 Å². The van der Waals surface area contributed by atoms with E-state index in [9.17, 15) is 4.79 Å². The van der Waals surface area contributed by atoms with E-state index in [-0.39, 0.29) is 0 Å². The summed E-state index contributed by atoms with van der Waals surface area (Å²) in [7, 11) is 0. The Morgan fingerprint density at radius 1 is 0.893 bits per heavy atom. The summed E-state index contributed by atoms with van der Waals surface area (Å²) >= 11 is 0. The zero-order valence-corrected chi connectivity index (χ0v) is 18.3. The number of carbonyl (C=O) groups is 1. The van der Waals surface area contributed by atoms with Gasteiger partial charge in [0, 0.05) is 13.0 Å². The van der Waals surface area contributed by atoms with Crippen molar-refractivity contribution >= 4 is 5.97 Å². The molecule has 4 aliphatic carbocycles. The molecule has 0 heterocycles. The van der Waals surface area contributed by atoms with Gasteiger partial charge >= 0.3 is 5.97 Å². The summed E-state index contributed by atoms with van der Waals surface area (Å²) in [6.07, 6.45) is 17.8. The maximum atomic E-state index is 10.6. The Balaban J connectivity index is 1.34. The highest BCUT2D eigenvalue weighted by molar-refractivity contribution is 5.66. The zero-order chi connectivity index (χ0) is 19.8. The van der Waals surface area contributed by atoms with Crippen LogP contribution in [0.1, 0.15) is 104 Å². The molecule has 28 heavy (non-hydrogen) atoms. The van der Waals surface area contributed by atoms with E-state index in [0.717, 1.165) is 49.5 Å². The average molecular weight is 391 g/mol. The molecule has 4 fully saturated rings. The van der Waals surface area contributed by atoms with Crippen LogP contribution in [-0.2, 0) is 9.53 Å². The van der Waals surface area contributed by atoms with E-state index >= 15 is 0 Å². The highest BCUT2D eigenvalue weighted by atomic mass is 16.5. The van der Waals surface area contributed by atoms with E-state index in [4.69, 9.17) is 9.84 Å². The van der Waals surface area contributed by atoms with Gasteiger partial charge in [-0.25, -0.2) is 0 Å². The summed E-state index contributed by atoms with van der Waals surface area (Å²) in [5, 5.41) is 8.76. The van der Waals surface area contributed by atoms with Gasteiger partial charge < -0.3 is 9.84 Å². The number of hydrogen-bond donors (Lipinski definition) is 1. The molecule has 0 bridgehead atoms. The fourth-order valence-corrected chi connectivity index (χ4v) is 8.30. The van der Waals surface area contributed by atoms with Gasteiger partial charge in [0.25, 0.3) is 0 Å². The third-order valence-electron chi connectivity index (χ3n) is 9.85. The quantitative estimate of drug-likeness (QED) is 0.508. The normalized spacial score (nSPS) is 45.1. The second-order valence-corrected chi connectivity index (χ2v) is 11.1. The van der Waals surface area contributed by atoms with E-state index in [1.807, 2.05) is 0 Å². The molecule has 0 amide bonds. The van der Waals surface area contributed by atoms with Gasteiger partial charge in [-0.3, -0.25) is 4.79 Å². The van der Waals surface area contributed by atoms with Crippen LogP contribution >= 0.6 is 0 Å². The molecule has 7 atom stereocenters. The second kappa shape index (κ2) is 8.28. The lowest BCUT2D eigenvalue weighted by molar-refractivity contribution is -0.137. The van der Waals surface area contributed by atoms with Gasteiger partial charge in [0.05, 0.1) is 6.10 Å². The van der Waals surface area contributed by atoms with Gasteiger partial charge in [0.15, 0.2) is 0 Å². The molecule has 0 unspecified atom stereocenters. The number of rotatable bonds is 7. The molecular formula is C25H42O3. The summed E-state index contributed by atoms with van der Waals surface area (Å²) in [5.74, 6) is 3.13. The van der Waals surface area contributed by atoms with Crippen LogP contribution in [0, 0.1) is 34.5 Å². The van der Waals surface area contributed by atoms with Crippen molar-refractivity contribution in [2.45, 2.75) is 110 Å².